The smallest absolute Gasteiger partial charge is 0.285 e. The molecule has 110 valence electrons. The van der Waals surface area contributed by atoms with Gasteiger partial charge in [-0.15, -0.1) is 0 Å². The number of hydrogen-bond acceptors (Lipinski definition) is 4. The summed E-state index contributed by atoms with van der Waals surface area (Å²) in [6, 6.07) is 10.1. The third-order valence-corrected chi connectivity index (χ3v) is 3.79. The van der Waals surface area contributed by atoms with Crippen molar-refractivity contribution in [3.63, 3.8) is 0 Å². The van der Waals surface area contributed by atoms with Gasteiger partial charge in [-0.25, -0.2) is 4.68 Å². The summed E-state index contributed by atoms with van der Waals surface area (Å²) in [7, 11) is 0. The molecule has 6 heteroatoms. The zero-order valence-electron chi connectivity index (χ0n) is 12.2. The van der Waals surface area contributed by atoms with Gasteiger partial charge in [-0.1, -0.05) is 30.3 Å². The molecule has 0 saturated heterocycles. The molecule has 0 bridgehead atoms. The Morgan fingerprint density at radius 3 is 2.86 bits per heavy atom. The lowest BCUT2D eigenvalue weighted by molar-refractivity contribution is 0.753. The molecule has 1 aliphatic heterocycles. The Morgan fingerprint density at radius 2 is 2.09 bits per heavy atom. The first-order valence-electron chi connectivity index (χ1n) is 7.28. The molecule has 0 unspecified atom stereocenters. The maximum Gasteiger partial charge on any atom is 0.285 e. The Hall–Kier alpha value is -2.89. The monoisotopic (exact) mass is 293 g/mol. The fraction of sp³-hybridized carbons (Fsp3) is 0.188. The van der Waals surface area contributed by atoms with Gasteiger partial charge < -0.3 is 5.32 Å². The molecule has 3 aromatic rings. The number of nitrogens with zero attached hydrogens (tertiary/aromatic N) is 4. The number of anilines is 1. The number of benzene rings is 1. The Bertz CT molecular complexity index is 936. The van der Waals surface area contributed by atoms with Gasteiger partial charge in [0.15, 0.2) is 5.65 Å². The third kappa shape index (κ3) is 1.77. The summed E-state index contributed by atoms with van der Waals surface area (Å²) in [6.45, 7) is 3.35. The molecular weight excluding hydrogens is 278 g/mol. The van der Waals surface area contributed by atoms with Crippen LogP contribution in [-0.4, -0.2) is 25.9 Å². The SMILES string of the molecule is CCNc1nc(=O)c2cnn3c2n1CC=C3c1ccccc1. The predicted molar refractivity (Wildman–Crippen MR) is 85.8 cm³/mol. The van der Waals surface area contributed by atoms with E-state index in [9.17, 15) is 4.79 Å². The van der Waals surface area contributed by atoms with Crippen LogP contribution < -0.4 is 10.9 Å². The highest BCUT2D eigenvalue weighted by atomic mass is 16.1. The molecule has 6 nitrogen and oxygen atoms in total. The summed E-state index contributed by atoms with van der Waals surface area (Å²) in [5.41, 5.74) is 2.61. The van der Waals surface area contributed by atoms with Crippen molar-refractivity contribution in [2.75, 3.05) is 11.9 Å². The van der Waals surface area contributed by atoms with E-state index >= 15 is 0 Å². The summed E-state index contributed by atoms with van der Waals surface area (Å²) >= 11 is 0. The highest BCUT2D eigenvalue weighted by Crippen LogP contribution is 2.26. The van der Waals surface area contributed by atoms with Gasteiger partial charge in [-0.3, -0.25) is 9.36 Å². The fourth-order valence-corrected chi connectivity index (χ4v) is 2.83. The van der Waals surface area contributed by atoms with Gasteiger partial charge in [0.25, 0.3) is 5.56 Å². The molecule has 2 aromatic heterocycles. The topological polar surface area (TPSA) is 64.7 Å². The minimum atomic E-state index is -0.247. The molecule has 0 spiro atoms. The van der Waals surface area contributed by atoms with Crippen LogP contribution in [0.25, 0.3) is 16.7 Å². The zero-order valence-corrected chi connectivity index (χ0v) is 12.2. The van der Waals surface area contributed by atoms with Crippen LogP contribution in [-0.2, 0) is 6.54 Å². The van der Waals surface area contributed by atoms with Crippen molar-refractivity contribution in [2.24, 2.45) is 0 Å². The van der Waals surface area contributed by atoms with Crippen molar-refractivity contribution in [2.45, 2.75) is 13.5 Å². The van der Waals surface area contributed by atoms with E-state index in [1.54, 1.807) is 6.20 Å². The third-order valence-electron chi connectivity index (χ3n) is 3.79. The molecule has 0 fully saturated rings. The van der Waals surface area contributed by atoms with E-state index in [0.717, 1.165) is 16.9 Å². The minimum absolute atomic E-state index is 0.247. The van der Waals surface area contributed by atoms with Crippen molar-refractivity contribution in [3.05, 3.63) is 58.5 Å². The summed E-state index contributed by atoms with van der Waals surface area (Å²) in [6.07, 6.45) is 3.70. The summed E-state index contributed by atoms with van der Waals surface area (Å²) < 4.78 is 3.80. The first kappa shape index (κ1) is 12.8. The molecule has 1 aliphatic rings. The average molecular weight is 293 g/mol. The van der Waals surface area contributed by atoms with Crippen molar-refractivity contribution in [1.29, 1.82) is 0 Å². The maximum atomic E-state index is 12.2. The second kappa shape index (κ2) is 4.84. The molecule has 0 radical (unpaired) electrons. The van der Waals surface area contributed by atoms with Crippen LogP contribution in [0.1, 0.15) is 12.5 Å². The van der Waals surface area contributed by atoms with Crippen LogP contribution in [0.4, 0.5) is 5.95 Å². The molecule has 1 N–H and O–H groups in total. The van der Waals surface area contributed by atoms with Crippen LogP contribution >= 0.6 is 0 Å². The molecule has 0 aliphatic carbocycles. The van der Waals surface area contributed by atoms with Crippen LogP contribution in [0.5, 0.6) is 0 Å². The van der Waals surface area contributed by atoms with E-state index in [-0.39, 0.29) is 5.56 Å². The Morgan fingerprint density at radius 1 is 1.27 bits per heavy atom. The number of aromatic nitrogens is 4. The molecule has 4 rings (SSSR count). The van der Waals surface area contributed by atoms with E-state index in [4.69, 9.17) is 0 Å². The van der Waals surface area contributed by atoms with Crippen LogP contribution in [0.2, 0.25) is 0 Å². The molecule has 0 atom stereocenters. The second-order valence-corrected chi connectivity index (χ2v) is 5.13. The number of hydrogen-bond donors (Lipinski definition) is 1. The molecule has 22 heavy (non-hydrogen) atoms. The predicted octanol–water partition coefficient (Wildman–Crippen LogP) is 1.93. The van der Waals surface area contributed by atoms with E-state index in [1.165, 1.54) is 0 Å². The maximum absolute atomic E-state index is 12.2. The van der Waals surface area contributed by atoms with E-state index in [2.05, 4.69) is 21.5 Å². The highest BCUT2D eigenvalue weighted by Gasteiger charge is 2.21. The van der Waals surface area contributed by atoms with Gasteiger partial charge in [0.2, 0.25) is 5.95 Å². The summed E-state index contributed by atoms with van der Waals surface area (Å²) in [5, 5.41) is 8.10. The van der Waals surface area contributed by atoms with E-state index in [1.807, 2.05) is 46.5 Å². The Kier molecular flexibility index (Phi) is 2.82. The lowest BCUT2D eigenvalue weighted by Gasteiger charge is -2.20. The molecule has 3 heterocycles. The van der Waals surface area contributed by atoms with Crippen molar-refractivity contribution in [1.82, 2.24) is 19.3 Å². The second-order valence-electron chi connectivity index (χ2n) is 5.13. The molecular formula is C16H15N5O. The molecule has 0 amide bonds. The largest absolute Gasteiger partial charge is 0.356 e. The number of nitrogens with one attached hydrogen (secondary N) is 1. The van der Waals surface area contributed by atoms with Gasteiger partial charge >= 0.3 is 0 Å². The lowest BCUT2D eigenvalue weighted by Crippen LogP contribution is -2.22. The van der Waals surface area contributed by atoms with Crippen LogP contribution in [0.15, 0.2) is 47.4 Å². The first-order valence-corrected chi connectivity index (χ1v) is 7.28. The highest BCUT2D eigenvalue weighted by molar-refractivity contribution is 5.83. The lowest BCUT2D eigenvalue weighted by atomic mass is 10.1. The van der Waals surface area contributed by atoms with Gasteiger partial charge in [0, 0.05) is 13.1 Å². The standard InChI is InChI=1S/C16H15N5O/c1-2-17-16-19-14(22)12-10-18-21-13(8-9-20(16)15(12)21)11-6-4-3-5-7-11/h3-8,10H,2,9H2,1H3,(H,17,19,22). The number of allylic oxidation sites excluding steroid dienone is 1. The number of rotatable bonds is 3. The fourth-order valence-electron chi connectivity index (χ4n) is 2.83. The minimum Gasteiger partial charge on any atom is -0.356 e. The Labute approximate surface area is 126 Å². The normalized spacial score (nSPS) is 13.2. The van der Waals surface area contributed by atoms with Crippen LogP contribution in [0, 0.1) is 0 Å². The average Bonchev–Trinajstić information content (AvgIpc) is 2.99. The van der Waals surface area contributed by atoms with Gasteiger partial charge in [-0.2, -0.15) is 10.1 Å². The first-order chi connectivity index (χ1) is 10.8. The zero-order chi connectivity index (χ0) is 15.1. The van der Waals surface area contributed by atoms with E-state index in [0.29, 0.717) is 24.4 Å². The van der Waals surface area contributed by atoms with Gasteiger partial charge in [0.05, 0.1) is 11.9 Å². The summed E-state index contributed by atoms with van der Waals surface area (Å²) in [4.78, 5) is 16.3. The quantitative estimate of drug-likeness (QED) is 0.801. The van der Waals surface area contributed by atoms with Gasteiger partial charge in [-0.05, 0) is 18.6 Å². The van der Waals surface area contributed by atoms with Crippen molar-refractivity contribution >= 4 is 22.7 Å². The van der Waals surface area contributed by atoms with Crippen molar-refractivity contribution < 1.29 is 0 Å². The van der Waals surface area contributed by atoms with Gasteiger partial charge in [0.1, 0.15) is 5.39 Å². The molecule has 0 saturated carbocycles. The van der Waals surface area contributed by atoms with E-state index < -0.39 is 0 Å². The molecule has 1 aromatic carbocycles. The van der Waals surface area contributed by atoms with Crippen molar-refractivity contribution in [3.8, 4) is 0 Å². The van der Waals surface area contributed by atoms with Crippen LogP contribution in [0.3, 0.4) is 0 Å². The summed E-state index contributed by atoms with van der Waals surface area (Å²) in [5.74, 6) is 0.588. The Balaban J connectivity index is 1.98.